The van der Waals surface area contributed by atoms with E-state index in [0.29, 0.717) is 18.2 Å². The van der Waals surface area contributed by atoms with Crippen LogP contribution < -0.4 is 5.32 Å². The van der Waals surface area contributed by atoms with E-state index in [4.69, 9.17) is 0 Å². The summed E-state index contributed by atoms with van der Waals surface area (Å²) in [5, 5.41) is 3.32. The van der Waals surface area contributed by atoms with Crippen LogP contribution in [0, 0.1) is 11.3 Å². The molecule has 1 aliphatic heterocycles. The topological polar surface area (TPSA) is 32.3 Å². The first kappa shape index (κ1) is 16.7. The van der Waals surface area contributed by atoms with Crippen molar-refractivity contribution in [2.45, 2.75) is 40.5 Å². The number of hydrogen-bond donors (Lipinski definition) is 1. The van der Waals surface area contributed by atoms with Crippen LogP contribution in [0.2, 0.25) is 0 Å². The third kappa shape index (κ3) is 5.73. The molecule has 1 rings (SSSR count). The second-order valence-corrected chi connectivity index (χ2v) is 5.96. The highest BCUT2D eigenvalue weighted by atomic mass is 35.5. The maximum Gasteiger partial charge on any atom is 0.222 e. The fourth-order valence-corrected chi connectivity index (χ4v) is 1.79. The molecule has 1 fully saturated rings. The Morgan fingerprint density at radius 3 is 2.53 bits per heavy atom. The van der Waals surface area contributed by atoms with Gasteiger partial charge in [-0.15, -0.1) is 12.4 Å². The molecule has 1 unspecified atom stereocenters. The quantitative estimate of drug-likeness (QED) is 0.828. The van der Waals surface area contributed by atoms with Gasteiger partial charge in [0, 0.05) is 26.1 Å². The lowest BCUT2D eigenvalue weighted by Gasteiger charge is -2.29. The van der Waals surface area contributed by atoms with Crippen LogP contribution in [0.1, 0.15) is 40.5 Å². The van der Waals surface area contributed by atoms with Crippen molar-refractivity contribution in [3.05, 3.63) is 0 Å². The molecule has 0 bridgehead atoms. The summed E-state index contributed by atoms with van der Waals surface area (Å²) in [6.07, 6.45) is 1.76. The van der Waals surface area contributed by atoms with Gasteiger partial charge in [-0.25, -0.2) is 0 Å². The lowest BCUT2D eigenvalue weighted by molar-refractivity contribution is -0.132. The average molecular weight is 263 g/mol. The minimum atomic E-state index is 0. The lowest BCUT2D eigenvalue weighted by Crippen LogP contribution is -2.36. The number of halogens is 1. The van der Waals surface area contributed by atoms with Crippen molar-refractivity contribution >= 4 is 18.3 Å². The second kappa shape index (κ2) is 7.22. The Morgan fingerprint density at radius 2 is 1.94 bits per heavy atom. The summed E-state index contributed by atoms with van der Waals surface area (Å²) in [7, 11) is 0. The van der Waals surface area contributed by atoms with Crippen LogP contribution in [0.25, 0.3) is 0 Å². The summed E-state index contributed by atoms with van der Waals surface area (Å²) in [5.74, 6) is 0.766. The van der Waals surface area contributed by atoms with E-state index in [9.17, 15) is 4.79 Å². The van der Waals surface area contributed by atoms with Crippen molar-refractivity contribution < 1.29 is 4.79 Å². The van der Waals surface area contributed by atoms with E-state index in [-0.39, 0.29) is 17.8 Å². The SMILES string of the molecule is CC(CC(=O)N1CCCNCC1)C(C)(C)C.Cl. The minimum Gasteiger partial charge on any atom is -0.341 e. The van der Waals surface area contributed by atoms with Crippen molar-refractivity contribution in [2.75, 3.05) is 26.2 Å². The molecular weight excluding hydrogens is 236 g/mol. The van der Waals surface area contributed by atoms with Gasteiger partial charge < -0.3 is 10.2 Å². The molecule has 0 aliphatic carbocycles. The molecular formula is C13H27ClN2O. The molecule has 0 aromatic rings. The van der Waals surface area contributed by atoms with E-state index < -0.39 is 0 Å². The van der Waals surface area contributed by atoms with Crippen molar-refractivity contribution in [1.29, 1.82) is 0 Å². The van der Waals surface area contributed by atoms with Crippen LogP contribution in [0.3, 0.4) is 0 Å². The van der Waals surface area contributed by atoms with Gasteiger partial charge in [-0.2, -0.15) is 0 Å². The molecule has 1 heterocycles. The molecule has 1 aliphatic rings. The van der Waals surface area contributed by atoms with Crippen LogP contribution >= 0.6 is 12.4 Å². The van der Waals surface area contributed by atoms with Gasteiger partial charge in [0.2, 0.25) is 5.91 Å². The first-order valence-corrected chi connectivity index (χ1v) is 6.40. The Kier molecular flexibility index (Phi) is 7.10. The zero-order valence-electron chi connectivity index (χ0n) is 11.6. The van der Waals surface area contributed by atoms with E-state index >= 15 is 0 Å². The molecule has 0 spiro atoms. The highest BCUT2D eigenvalue weighted by molar-refractivity contribution is 5.85. The summed E-state index contributed by atoms with van der Waals surface area (Å²) in [6.45, 7) is 12.6. The number of nitrogens with zero attached hydrogens (tertiary/aromatic N) is 1. The van der Waals surface area contributed by atoms with Gasteiger partial charge in [0.25, 0.3) is 0 Å². The fraction of sp³-hybridized carbons (Fsp3) is 0.923. The van der Waals surface area contributed by atoms with E-state index in [1.165, 1.54) is 0 Å². The molecule has 0 saturated carbocycles. The van der Waals surface area contributed by atoms with Gasteiger partial charge in [-0.05, 0) is 24.3 Å². The predicted octanol–water partition coefficient (Wildman–Crippen LogP) is 2.30. The zero-order chi connectivity index (χ0) is 12.2. The number of nitrogens with one attached hydrogen (secondary N) is 1. The van der Waals surface area contributed by atoms with Gasteiger partial charge in [-0.3, -0.25) is 4.79 Å². The molecule has 0 aromatic carbocycles. The summed E-state index contributed by atoms with van der Waals surface area (Å²) in [5.41, 5.74) is 0.222. The lowest BCUT2D eigenvalue weighted by atomic mass is 9.80. The first-order chi connectivity index (χ1) is 7.41. The van der Waals surface area contributed by atoms with Crippen molar-refractivity contribution in [3.8, 4) is 0 Å². The maximum atomic E-state index is 12.1. The van der Waals surface area contributed by atoms with E-state index in [1.54, 1.807) is 0 Å². The minimum absolute atomic E-state index is 0. The van der Waals surface area contributed by atoms with Crippen LogP contribution in [-0.4, -0.2) is 37.0 Å². The normalized spacial score (nSPS) is 19.2. The standard InChI is InChI=1S/C13H26N2O.ClH/c1-11(13(2,3)4)10-12(16)15-8-5-6-14-7-9-15;/h11,14H,5-10H2,1-4H3;1H. The Balaban J connectivity index is 0.00000256. The number of carbonyl (C=O) groups is 1. The molecule has 17 heavy (non-hydrogen) atoms. The Hall–Kier alpha value is -0.280. The second-order valence-electron chi connectivity index (χ2n) is 5.96. The number of carbonyl (C=O) groups excluding carboxylic acids is 1. The van der Waals surface area contributed by atoms with Gasteiger partial charge in [0.05, 0.1) is 0 Å². The molecule has 1 N–H and O–H groups in total. The molecule has 0 aromatic heterocycles. The number of hydrogen-bond acceptors (Lipinski definition) is 2. The van der Waals surface area contributed by atoms with Crippen LogP contribution in [0.5, 0.6) is 0 Å². The highest BCUT2D eigenvalue weighted by Gasteiger charge is 2.25. The molecule has 3 nitrogen and oxygen atoms in total. The number of rotatable bonds is 2. The first-order valence-electron chi connectivity index (χ1n) is 6.40. The van der Waals surface area contributed by atoms with Crippen molar-refractivity contribution in [3.63, 3.8) is 0 Å². The van der Waals surface area contributed by atoms with Crippen LogP contribution in [-0.2, 0) is 4.79 Å². The van der Waals surface area contributed by atoms with Crippen molar-refractivity contribution in [1.82, 2.24) is 10.2 Å². The van der Waals surface area contributed by atoms with E-state index in [2.05, 4.69) is 33.0 Å². The molecule has 1 saturated heterocycles. The highest BCUT2D eigenvalue weighted by Crippen LogP contribution is 2.28. The van der Waals surface area contributed by atoms with Crippen LogP contribution in [0.15, 0.2) is 0 Å². The Labute approximate surface area is 112 Å². The smallest absolute Gasteiger partial charge is 0.222 e. The predicted molar refractivity (Wildman–Crippen MR) is 74.6 cm³/mol. The van der Waals surface area contributed by atoms with Crippen LogP contribution in [0.4, 0.5) is 0 Å². The molecule has 4 heteroatoms. The number of amides is 1. The Morgan fingerprint density at radius 1 is 1.29 bits per heavy atom. The summed E-state index contributed by atoms with van der Waals surface area (Å²) in [6, 6.07) is 0. The van der Waals surface area contributed by atoms with Gasteiger partial charge in [-0.1, -0.05) is 27.7 Å². The zero-order valence-corrected chi connectivity index (χ0v) is 12.4. The third-order valence-electron chi connectivity index (χ3n) is 3.65. The average Bonchev–Trinajstić information content (AvgIpc) is 2.43. The molecule has 0 radical (unpaired) electrons. The van der Waals surface area contributed by atoms with Crippen molar-refractivity contribution in [2.24, 2.45) is 11.3 Å². The molecule has 1 atom stereocenters. The van der Waals surface area contributed by atoms with Gasteiger partial charge >= 0.3 is 0 Å². The summed E-state index contributed by atoms with van der Waals surface area (Å²) < 4.78 is 0. The van der Waals surface area contributed by atoms with E-state index in [0.717, 1.165) is 32.6 Å². The summed E-state index contributed by atoms with van der Waals surface area (Å²) >= 11 is 0. The van der Waals surface area contributed by atoms with Gasteiger partial charge in [0.15, 0.2) is 0 Å². The largest absolute Gasteiger partial charge is 0.341 e. The third-order valence-corrected chi connectivity index (χ3v) is 3.65. The molecule has 1 amide bonds. The summed E-state index contributed by atoms with van der Waals surface area (Å²) in [4.78, 5) is 14.1. The Bertz CT molecular complexity index is 230. The monoisotopic (exact) mass is 262 g/mol. The fourth-order valence-electron chi connectivity index (χ4n) is 1.79. The van der Waals surface area contributed by atoms with Gasteiger partial charge in [0.1, 0.15) is 0 Å². The van der Waals surface area contributed by atoms with E-state index in [1.807, 2.05) is 4.90 Å². The molecule has 102 valence electrons. The maximum absolute atomic E-state index is 12.1.